The number of hydrogen-bond donors (Lipinski definition) is 6. The van der Waals surface area contributed by atoms with E-state index in [4.69, 9.17) is 83.9 Å². The summed E-state index contributed by atoms with van der Waals surface area (Å²) in [5.41, 5.74) is 0. The fraction of sp³-hybridized carbons (Fsp3) is 0. The maximum atomic E-state index is 8.52. The molecule has 0 aromatic carbocycles. The van der Waals surface area contributed by atoms with Gasteiger partial charge in [-0.2, -0.15) is 13.5 Å². The molecule has 0 radical (unpaired) electrons. The van der Waals surface area contributed by atoms with Gasteiger partial charge in [-0.1, -0.05) is 0 Å². The van der Waals surface area contributed by atoms with E-state index in [2.05, 4.69) is 0 Å². The molecule has 0 spiro atoms. The molecule has 0 amide bonds. The summed E-state index contributed by atoms with van der Waals surface area (Å²) in [5.74, 6) is 0. The average molecular weight is 541 g/mol. The predicted molar refractivity (Wildman–Crippen MR) is 23.7 cm³/mol. The Bertz CT molecular complexity index is 101. The Hall–Kier alpha value is 1.37. The van der Waals surface area contributed by atoms with Crippen LogP contribution in [0.5, 0.6) is 0 Å². The molecule has 0 saturated heterocycles. The molecule has 0 aliphatic heterocycles. The minimum absolute atomic E-state index is 0. The van der Waals surface area contributed by atoms with Gasteiger partial charge in [-0.3, -0.25) is 0 Å². The summed E-state index contributed by atoms with van der Waals surface area (Å²) in [4.78, 5) is 0. The molecule has 25 heteroatoms. The van der Waals surface area contributed by atoms with Crippen molar-refractivity contribution in [2.24, 2.45) is 0 Å². The molecule has 6 N–H and O–H groups in total. The third-order valence-corrected chi connectivity index (χ3v) is 0. The quantitative estimate of drug-likeness (QED) is 0.166. The van der Waals surface area contributed by atoms with Crippen molar-refractivity contribution in [1.82, 2.24) is 0 Å². The van der Waals surface area contributed by atoms with Gasteiger partial charge in [0, 0.05) is 28.0 Å². The Kier molecular flexibility index (Phi) is 72.7. The maximum absolute atomic E-state index is 8.52. The summed E-state index contributed by atoms with van der Waals surface area (Å²) in [6.45, 7) is 0. The van der Waals surface area contributed by atoms with E-state index in [1.54, 1.807) is 0 Å². The second kappa shape index (κ2) is 40.2. The summed E-state index contributed by atoms with van der Waals surface area (Å²) in [6, 6.07) is 0. The van der Waals surface area contributed by atoms with Crippen LogP contribution in [0.4, 0.5) is 0 Å². The lowest BCUT2D eigenvalue weighted by Gasteiger charge is -1.72. The van der Waals surface area contributed by atoms with Gasteiger partial charge >= 0.3 is 0 Å². The van der Waals surface area contributed by atoms with Crippen molar-refractivity contribution in [2.45, 2.75) is 0 Å². The Balaban J connectivity index is -0.0000000309. The molecular weight excluding hydrogens is 533 g/mol. The van der Waals surface area contributed by atoms with E-state index in [1.807, 2.05) is 0 Å². The first kappa shape index (κ1) is 45.2. The van der Waals surface area contributed by atoms with Crippen LogP contribution in [0.2, 0.25) is 0 Å². The molecule has 25 heavy (non-hydrogen) atoms. The Morgan fingerprint density at radius 2 is 0.280 bits per heavy atom. The van der Waals surface area contributed by atoms with Gasteiger partial charge in [0.2, 0.25) is 0 Å². The average Bonchev–Trinajstić information content (AvgIpc) is 2.08. The molecule has 0 saturated carbocycles. The smallest absolute Gasteiger partial charge is 0.282 e. The van der Waals surface area contributed by atoms with Crippen LogP contribution < -0.4 is 55.9 Å². The highest BCUT2D eigenvalue weighted by atomic mass is 35.6. The zero-order chi connectivity index (χ0) is 21.5. The van der Waals surface area contributed by atoms with Crippen molar-refractivity contribution in [2.75, 3.05) is 0 Å². The summed E-state index contributed by atoms with van der Waals surface area (Å²) in [7, 11) is -15.6. The van der Waals surface area contributed by atoms with Crippen LogP contribution in [0.1, 0.15) is 0 Å². The van der Waals surface area contributed by atoms with Crippen molar-refractivity contribution < 1.29 is 149 Å². The van der Waals surface area contributed by atoms with Gasteiger partial charge in [0.1, 0.15) is 0 Å². The van der Waals surface area contributed by atoms with Gasteiger partial charge in [0.25, 0.3) is 64.7 Å². The zero-order valence-electron chi connectivity index (χ0n) is 10.4. The van der Waals surface area contributed by atoms with Crippen molar-refractivity contribution in [3.63, 3.8) is 0 Å². The molecular formula is H8Cl6O18S. The lowest BCUT2D eigenvalue weighted by atomic mass is 15.8. The highest BCUT2D eigenvalue weighted by Gasteiger charge is 1.81. The molecule has 0 aliphatic rings. The normalized spacial score (nSPS) is 8.64. The fourth-order valence-corrected chi connectivity index (χ4v) is 0. The van der Waals surface area contributed by atoms with Gasteiger partial charge in [-0.15, -0.1) is 0 Å². The van der Waals surface area contributed by atoms with Crippen LogP contribution >= 0.6 is 13.5 Å². The van der Waals surface area contributed by atoms with Crippen LogP contribution in [0.25, 0.3) is 0 Å². The highest BCUT2D eigenvalue weighted by Crippen LogP contribution is 1.40. The summed E-state index contributed by atoms with van der Waals surface area (Å²) >= 11 is 0. The van der Waals surface area contributed by atoms with Gasteiger partial charge in [0.15, 0.2) is 0 Å². The monoisotopic (exact) mass is 538 g/mol. The maximum Gasteiger partial charge on any atom is 0.282 e. The van der Waals surface area contributed by atoms with Crippen LogP contribution in [0.3, 0.4) is 0 Å². The van der Waals surface area contributed by atoms with Gasteiger partial charge in [-0.25, -0.2) is 0 Å². The molecule has 0 rings (SSSR count). The van der Waals surface area contributed by atoms with E-state index >= 15 is 0 Å². The van der Waals surface area contributed by atoms with Crippen molar-refractivity contribution in [3.05, 3.63) is 0 Å². The van der Waals surface area contributed by atoms with E-state index in [0.717, 1.165) is 0 Å². The van der Waals surface area contributed by atoms with E-state index in [9.17, 15) is 0 Å². The van der Waals surface area contributed by atoms with Gasteiger partial charge in [0.05, 0.1) is 0 Å². The van der Waals surface area contributed by atoms with Crippen LogP contribution in [0.15, 0.2) is 0 Å². The molecule has 0 fully saturated rings. The first-order chi connectivity index (χ1) is 10.4. The zero-order valence-corrected chi connectivity index (χ0v) is 15.9. The number of halogens is 6. The Labute approximate surface area is 162 Å². The second-order valence-electron chi connectivity index (χ2n) is 1.21. The minimum Gasteiger partial charge on any atom is -0.321 e. The van der Waals surface area contributed by atoms with Crippen LogP contribution in [-0.4, -0.2) is 28.0 Å². The molecule has 164 valence electrons. The molecule has 0 atom stereocenters. The molecule has 0 heterocycles. The largest absolute Gasteiger partial charge is 0.321 e. The molecule has 0 unspecified atom stereocenters. The lowest BCUT2D eigenvalue weighted by molar-refractivity contribution is -1.63. The van der Waals surface area contributed by atoms with Crippen molar-refractivity contribution >= 4 is 13.5 Å². The molecule has 0 aromatic heterocycles. The molecule has 0 aromatic rings. The van der Waals surface area contributed by atoms with E-state index in [-0.39, 0.29) is 13.5 Å². The second-order valence-corrected chi connectivity index (χ2v) is 3.62. The van der Waals surface area contributed by atoms with Crippen LogP contribution in [0, 0.1) is 64.7 Å². The SMILES string of the molecule is S.[O-][Cl+2]([O-])O.[O-][Cl+2]([O-])O.[O-][Cl+2]([O-])O.[O-][Cl+2]([O-])O.[O-][Cl+2]([O-])O.[O-][Cl+2]([O-])O. The van der Waals surface area contributed by atoms with E-state index in [0.29, 0.717) is 0 Å². The Morgan fingerprint density at radius 3 is 0.280 bits per heavy atom. The first-order valence-corrected chi connectivity index (χ1v) is 8.60. The fourth-order valence-electron chi connectivity index (χ4n) is 0. The van der Waals surface area contributed by atoms with Crippen molar-refractivity contribution in [1.29, 1.82) is 0 Å². The molecule has 18 nitrogen and oxygen atoms in total. The number of rotatable bonds is 0. The predicted octanol–water partition coefficient (Wildman–Crippen LogP) is -17.5. The Morgan fingerprint density at radius 1 is 0.280 bits per heavy atom. The van der Waals surface area contributed by atoms with Gasteiger partial charge < -0.3 is 55.9 Å². The first-order valence-electron chi connectivity index (χ1n) is 2.87. The van der Waals surface area contributed by atoms with Gasteiger partial charge in [-0.05, 0) is 0 Å². The topological polar surface area (TPSA) is 398 Å². The summed E-state index contributed by atoms with van der Waals surface area (Å²) in [6.07, 6.45) is 0. The minimum atomic E-state index is -2.60. The summed E-state index contributed by atoms with van der Waals surface area (Å²) < 4.78 is 144. The van der Waals surface area contributed by atoms with Crippen LogP contribution in [-0.2, 0) is 0 Å². The summed E-state index contributed by atoms with van der Waals surface area (Å²) in [5, 5.41) is 0. The van der Waals surface area contributed by atoms with Crippen molar-refractivity contribution in [3.8, 4) is 0 Å². The number of hydrogen-bond acceptors (Lipinski definition) is 18. The highest BCUT2D eigenvalue weighted by molar-refractivity contribution is 7.59. The van der Waals surface area contributed by atoms with E-state index in [1.165, 1.54) is 0 Å². The lowest BCUT2D eigenvalue weighted by Crippen LogP contribution is -2.30. The third-order valence-electron chi connectivity index (χ3n) is 0. The van der Waals surface area contributed by atoms with E-state index < -0.39 is 64.7 Å². The third kappa shape index (κ3) is 7380. The standard InChI is InChI=1S/6ClHO3.H2S/c6*2-1(3)4;/h6*2H;1H2. The molecule has 0 aliphatic carbocycles. The molecule has 0 bridgehead atoms.